The van der Waals surface area contributed by atoms with Gasteiger partial charge in [0.05, 0.1) is 23.7 Å². The number of nitrogens with zero attached hydrogens (tertiary/aromatic N) is 4. The van der Waals surface area contributed by atoms with Gasteiger partial charge in [-0.15, -0.1) is 0 Å². The third kappa shape index (κ3) is 2.74. The molecule has 1 aliphatic rings. The van der Waals surface area contributed by atoms with Crippen molar-refractivity contribution >= 4 is 0 Å². The number of imidazole rings is 1. The standard InChI is InChI=1S/C19H16N4/c20-10-14-5-6-21-18(9-14)19-12-23(13-22-19)11-15-7-16-3-1-2-4-17(16)8-15/h1-6,9,12-13,15H,7-8,11H2. The van der Waals surface area contributed by atoms with Crippen LogP contribution in [0.15, 0.2) is 55.1 Å². The highest BCUT2D eigenvalue weighted by Gasteiger charge is 2.21. The van der Waals surface area contributed by atoms with Gasteiger partial charge in [-0.3, -0.25) is 4.98 Å². The normalized spacial score (nSPS) is 13.7. The average Bonchev–Trinajstić information content (AvgIpc) is 3.21. The van der Waals surface area contributed by atoms with Crippen LogP contribution in [0.1, 0.15) is 16.7 Å². The highest BCUT2D eigenvalue weighted by atomic mass is 15.0. The number of aromatic nitrogens is 3. The maximum Gasteiger partial charge on any atom is 0.107 e. The molecule has 0 aliphatic heterocycles. The number of nitriles is 1. The number of fused-ring (bicyclic) bond motifs is 1. The van der Waals surface area contributed by atoms with Gasteiger partial charge < -0.3 is 4.57 Å². The molecule has 1 aliphatic carbocycles. The molecule has 0 bridgehead atoms. The lowest BCUT2D eigenvalue weighted by molar-refractivity contribution is 0.466. The first kappa shape index (κ1) is 13.7. The van der Waals surface area contributed by atoms with Crippen LogP contribution in [0.3, 0.4) is 0 Å². The molecule has 0 saturated carbocycles. The van der Waals surface area contributed by atoms with Crippen LogP contribution < -0.4 is 0 Å². The van der Waals surface area contributed by atoms with Crippen LogP contribution in [0.25, 0.3) is 11.4 Å². The first-order valence-corrected chi connectivity index (χ1v) is 7.77. The Morgan fingerprint density at radius 3 is 2.61 bits per heavy atom. The number of rotatable bonds is 3. The predicted octanol–water partition coefficient (Wildman–Crippen LogP) is 3.23. The molecule has 0 atom stereocenters. The molecule has 0 N–H and O–H groups in total. The zero-order valence-corrected chi connectivity index (χ0v) is 12.7. The van der Waals surface area contributed by atoms with E-state index < -0.39 is 0 Å². The second-order valence-electron chi connectivity index (χ2n) is 6.04. The van der Waals surface area contributed by atoms with E-state index >= 15 is 0 Å². The van der Waals surface area contributed by atoms with E-state index in [2.05, 4.69) is 44.9 Å². The zero-order valence-electron chi connectivity index (χ0n) is 12.7. The van der Waals surface area contributed by atoms with Crippen LogP contribution in [-0.2, 0) is 19.4 Å². The molecule has 0 fully saturated rings. The van der Waals surface area contributed by atoms with E-state index in [1.54, 1.807) is 18.3 Å². The van der Waals surface area contributed by atoms with Crippen molar-refractivity contribution in [3.8, 4) is 17.5 Å². The third-order valence-corrected chi connectivity index (χ3v) is 4.39. The summed E-state index contributed by atoms with van der Waals surface area (Å²) < 4.78 is 2.13. The van der Waals surface area contributed by atoms with E-state index in [1.165, 1.54) is 11.1 Å². The van der Waals surface area contributed by atoms with E-state index in [1.807, 2.05) is 12.5 Å². The minimum Gasteiger partial charge on any atom is -0.336 e. The van der Waals surface area contributed by atoms with E-state index in [9.17, 15) is 0 Å². The van der Waals surface area contributed by atoms with Crippen molar-refractivity contribution in [1.29, 1.82) is 5.26 Å². The van der Waals surface area contributed by atoms with Crippen molar-refractivity contribution in [2.75, 3.05) is 0 Å². The Morgan fingerprint density at radius 2 is 1.87 bits per heavy atom. The molecule has 1 aromatic carbocycles. The van der Waals surface area contributed by atoms with Gasteiger partial charge in [-0.1, -0.05) is 24.3 Å². The summed E-state index contributed by atoms with van der Waals surface area (Å²) in [7, 11) is 0. The molecule has 23 heavy (non-hydrogen) atoms. The van der Waals surface area contributed by atoms with Gasteiger partial charge in [0.25, 0.3) is 0 Å². The van der Waals surface area contributed by atoms with Crippen LogP contribution >= 0.6 is 0 Å². The molecule has 2 aromatic heterocycles. The Hall–Kier alpha value is -2.93. The van der Waals surface area contributed by atoms with Crippen molar-refractivity contribution in [1.82, 2.24) is 14.5 Å². The summed E-state index contributed by atoms with van der Waals surface area (Å²) in [6, 6.07) is 14.3. The molecule has 0 spiro atoms. The lowest BCUT2D eigenvalue weighted by atomic mass is 10.1. The quantitative estimate of drug-likeness (QED) is 0.746. The van der Waals surface area contributed by atoms with Gasteiger partial charge in [0.15, 0.2) is 0 Å². The molecule has 3 aromatic rings. The maximum absolute atomic E-state index is 8.99. The number of pyridine rings is 1. The monoisotopic (exact) mass is 300 g/mol. The summed E-state index contributed by atoms with van der Waals surface area (Å²) in [4.78, 5) is 8.75. The molecular formula is C19H16N4. The van der Waals surface area contributed by atoms with Crippen molar-refractivity contribution < 1.29 is 0 Å². The van der Waals surface area contributed by atoms with Crippen LogP contribution in [0.2, 0.25) is 0 Å². The molecule has 0 radical (unpaired) electrons. The van der Waals surface area contributed by atoms with Gasteiger partial charge in [0.1, 0.15) is 5.69 Å². The summed E-state index contributed by atoms with van der Waals surface area (Å²) in [6.07, 6.45) is 7.80. The topological polar surface area (TPSA) is 54.5 Å². The second kappa shape index (κ2) is 5.69. The average molecular weight is 300 g/mol. The van der Waals surface area contributed by atoms with Crippen LogP contribution in [0.4, 0.5) is 0 Å². The van der Waals surface area contributed by atoms with Crippen molar-refractivity contribution in [3.63, 3.8) is 0 Å². The highest BCUT2D eigenvalue weighted by Crippen LogP contribution is 2.28. The summed E-state index contributed by atoms with van der Waals surface area (Å²) >= 11 is 0. The molecule has 4 rings (SSSR count). The Bertz CT molecular complexity index is 863. The molecule has 4 nitrogen and oxygen atoms in total. The molecule has 0 unspecified atom stereocenters. The number of hydrogen-bond acceptors (Lipinski definition) is 3. The van der Waals surface area contributed by atoms with Gasteiger partial charge in [-0.2, -0.15) is 5.26 Å². The largest absolute Gasteiger partial charge is 0.336 e. The van der Waals surface area contributed by atoms with E-state index in [-0.39, 0.29) is 0 Å². The Kier molecular flexibility index (Phi) is 3.39. The van der Waals surface area contributed by atoms with Gasteiger partial charge in [-0.05, 0) is 42.0 Å². The number of benzene rings is 1. The molecule has 2 heterocycles. The van der Waals surface area contributed by atoms with Crippen LogP contribution in [0, 0.1) is 17.2 Å². The second-order valence-corrected chi connectivity index (χ2v) is 6.04. The first-order chi connectivity index (χ1) is 11.3. The summed E-state index contributed by atoms with van der Waals surface area (Å²) in [5.74, 6) is 0.618. The maximum atomic E-state index is 8.99. The fraction of sp³-hybridized carbons (Fsp3) is 0.211. The van der Waals surface area contributed by atoms with Gasteiger partial charge >= 0.3 is 0 Å². The van der Waals surface area contributed by atoms with Crippen molar-refractivity contribution in [2.24, 2.45) is 5.92 Å². The summed E-state index contributed by atoms with van der Waals surface area (Å²) in [5.41, 5.74) is 5.12. The minimum atomic E-state index is 0.607. The van der Waals surface area contributed by atoms with Crippen LogP contribution in [0.5, 0.6) is 0 Å². The Balaban J connectivity index is 1.50. The van der Waals surface area contributed by atoms with Gasteiger partial charge in [0.2, 0.25) is 0 Å². The van der Waals surface area contributed by atoms with Gasteiger partial charge in [0, 0.05) is 18.9 Å². The smallest absolute Gasteiger partial charge is 0.107 e. The minimum absolute atomic E-state index is 0.607. The molecule has 0 saturated heterocycles. The van der Waals surface area contributed by atoms with Crippen LogP contribution in [-0.4, -0.2) is 14.5 Å². The highest BCUT2D eigenvalue weighted by molar-refractivity contribution is 5.55. The van der Waals surface area contributed by atoms with E-state index in [0.717, 1.165) is 30.8 Å². The first-order valence-electron chi connectivity index (χ1n) is 7.77. The fourth-order valence-electron chi connectivity index (χ4n) is 3.31. The molecule has 0 amide bonds. The van der Waals surface area contributed by atoms with E-state index in [0.29, 0.717) is 11.5 Å². The third-order valence-electron chi connectivity index (χ3n) is 4.39. The summed E-state index contributed by atoms with van der Waals surface area (Å²) in [5, 5.41) is 8.99. The predicted molar refractivity (Wildman–Crippen MR) is 87.5 cm³/mol. The van der Waals surface area contributed by atoms with Gasteiger partial charge in [-0.25, -0.2) is 4.98 Å². The Labute approximate surface area is 135 Å². The molecule has 112 valence electrons. The Morgan fingerprint density at radius 1 is 1.09 bits per heavy atom. The lowest BCUT2D eigenvalue weighted by Crippen LogP contribution is -2.09. The lowest BCUT2D eigenvalue weighted by Gasteiger charge is -2.09. The fourth-order valence-corrected chi connectivity index (χ4v) is 3.31. The number of hydrogen-bond donors (Lipinski definition) is 0. The van der Waals surface area contributed by atoms with Crippen molar-refractivity contribution in [2.45, 2.75) is 19.4 Å². The SMILES string of the molecule is N#Cc1ccnc(-c2cn(CC3Cc4ccccc4C3)cn2)c1. The zero-order chi connectivity index (χ0) is 15.6. The molecule has 4 heteroatoms. The molecular weight excluding hydrogens is 284 g/mol. The van der Waals surface area contributed by atoms with E-state index in [4.69, 9.17) is 5.26 Å². The van der Waals surface area contributed by atoms with Crippen molar-refractivity contribution in [3.05, 3.63) is 71.8 Å². The summed E-state index contributed by atoms with van der Waals surface area (Å²) in [6.45, 7) is 0.958.